The number of nitrogens with zero attached hydrogens (tertiary/aromatic N) is 5. The number of hydrogen-bond acceptors (Lipinski definition) is 5. The summed E-state index contributed by atoms with van der Waals surface area (Å²) in [7, 11) is 0. The molecule has 12 aromatic carbocycles. The van der Waals surface area contributed by atoms with Crippen LogP contribution in [0.3, 0.4) is 0 Å². The molecule has 0 aliphatic rings. The van der Waals surface area contributed by atoms with Crippen LogP contribution in [-0.2, 0) is 0 Å². The van der Waals surface area contributed by atoms with Crippen LogP contribution in [0.5, 0.6) is 0 Å². The van der Waals surface area contributed by atoms with E-state index in [-0.39, 0.29) is 0 Å². The van der Waals surface area contributed by atoms with E-state index in [1.54, 1.807) is 0 Å². The van der Waals surface area contributed by atoms with Crippen molar-refractivity contribution in [2.24, 2.45) is 0 Å². The second kappa shape index (κ2) is 21.7. The SMILES string of the molecule is N#Cc1c(-c2ccccc2)c(-c2ccccc2)c(-c2ccccc2)c(-c2ccccc2)c1-c1cc(-c2c(C#N)c(-c3ccccc3)c(-c3ccccc3)c(-c3ccccc3)c2-c2ccccc2)nc(-n2c3ccccc3c3oc4ccccc4c32)n1. The molecule has 0 N–H and O–H groups in total. The highest BCUT2D eigenvalue weighted by molar-refractivity contribution is 6.17. The van der Waals surface area contributed by atoms with Crippen LogP contribution in [0.4, 0.5) is 0 Å². The quantitative estimate of drug-likeness (QED) is 0.129. The molecule has 0 fully saturated rings. The summed E-state index contributed by atoms with van der Waals surface area (Å²) in [6, 6.07) is 107. The summed E-state index contributed by atoms with van der Waals surface area (Å²) in [6.07, 6.45) is 0. The van der Waals surface area contributed by atoms with Gasteiger partial charge in [-0.3, -0.25) is 4.57 Å². The average Bonchev–Trinajstić information content (AvgIpc) is 1.25. The molecule has 86 heavy (non-hydrogen) atoms. The number of nitriles is 2. The molecule has 6 nitrogen and oxygen atoms in total. The summed E-state index contributed by atoms with van der Waals surface area (Å²) in [5.74, 6) is 0.324. The summed E-state index contributed by atoms with van der Waals surface area (Å²) in [5.41, 5.74) is 20.2. The smallest absolute Gasteiger partial charge is 0.235 e. The molecule has 0 unspecified atom stereocenters. The molecule has 6 heteroatoms. The molecule has 400 valence electrons. The van der Waals surface area contributed by atoms with Gasteiger partial charge in [-0.25, -0.2) is 9.97 Å². The summed E-state index contributed by atoms with van der Waals surface area (Å²) in [5, 5.41) is 26.6. The molecule has 15 rings (SSSR count). The maximum atomic E-state index is 12.4. The van der Waals surface area contributed by atoms with E-state index in [1.165, 1.54) is 0 Å². The van der Waals surface area contributed by atoms with Gasteiger partial charge in [-0.15, -0.1) is 0 Å². The topological polar surface area (TPSA) is 91.4 Å². The fourth-order valence-electron chi connectivity index (χ4n) is 12.8. The highest BCUT2D eigenvalue weighted by atomic mass is 16.3. The summed E-state index contributed by atoms with van der Waals surface area (Å²) in [4.78, 5) is 11.8. The maximum absolute atomic E-state index is 12.4. The van der Waals surface area contributed by atoms with Gasteiger partial charge in [-0.2, -0.15) is 10.5 Å². The zero-order valence-corrected chi connectivity index (χ0v) is 46.4. The number of hydrogen-bond donors (Lipinski definition) is 0. The van der Waals surface area contributed by atoms with E-state index in [1.807, 2.05) is 133 Å². The van der Waals surface area contributed by atoms with Crippen molar-refractivity contribution < 1.29 is 4.42 Å². The van der Waals surface area contributed by atoms with E-state index in [0.29, 0.717) is 45.2 Å². The molecule has 0 saturated carbocycles. The lowest BCUT2D eigenvalue weighted by Crippen LogP contribution is -2.09. The van der Waals surface area contributed by atoms with Crippen LogP contribution in [0, 0.1) is 22.7 Å². The van der Waals surface area contributed by atoms with Crippen molar-refractivity contribution in [3.63, 3.8) is 0 Å². The molecule has 0 saturated heterocycles. The molecule has 0 aliphatic heterocycles. The molecule has 0 bridgehead atoms. The first-order valence-electron chi connectivity index (χ1n) is 28.7. The Kier molecular flexibility index (Phi) is 12.9. The molecular formula is C80H49N5O. The Morgan fingerprint density at radius 1 is 0.291 bits per heavy atom. The van der Waals surface area contributed by atoms with E-state index < -0.39 is 0 Å². The highest BCUT2D eigenvalue weighted by Crippen LogP contribution is 2.56. The highest BCUT2D eigenvalue weighted by Gasteiger charge is 2.34. The zero-order chi connectivity index (χ0) is 57.5. The summed E-state index contributed by atoms with van der Waals surface area (Å²) < 4.78 is 8.94. The van der Waals surface area contributed by atoms with Crippen LogP contribution in [0.15, 0.2) is 302 Å². The number of furan rings is 1. The van der Waals surface area contributed by atoms with Gasteiger partial charge in [-0.05, 0) is 97.1 Å². The molecule has 0 radical (unpaired) electrons. The summed E-state index contributed by atoms with van der Waals surface area (Å²) in [6.45, 7) is 0. The molecule has 3 heterocycles. The predicted octanol–water partition coefficient (Wildman–Crippen LogP) is 20.7. The van der Waals surface area contributed by atoms with Gasteiger partial charge in [-0.1, -0.05) is 267 Å². The van der Waals surface area contributed by atoms with Crippen LogP contribution >= 0.6 is 0 Å². The molecular weight excluding hydrogens is 1050 g/mol. The Morgan fingerprint density at radius 2 is 0.570 bits per heavy atom. The third kappa shape index (κ3) is 8.56. The lowest BCUT2D eigenvalue weighted by Gasteiger charge is -2.27. The summed E-state index contributed by atoms with van der Waals surface area (Å²) >= 11 is 0. The number of rotatable bonds is 11. The van der Waals surface area contributed by atoms with Crippen LogP contribution in [0.25, 0.3) is 150 Å². The Labute approximate surface area is 497 Å². The van der Waals surface area contributed by atoms with E-state index in [9.17, 15) is 10.5 Å². The van der Waals surface area contributed by atoms with Crippen molar-refractivity contribution in [2.45, 2.75) is 0 Å². The first-order valence-corrected chi connectivity index (χ1v) is 28.7. The molecule has 3 aromatic heterocycles. The van der Waals surface area contributed by atoms with Crippen molar-refractivity contribution in [1.29, 1.82) is 10.5 Å². The minimum Gasteiger partial charge on any atom is -0.454 e. The molecule has 0 atom stereocenters. The molecule has 15 aromatic rings. The third-order valence-corrected chi connectivity index (χ3v) is 16.3. The van der Waals surface area contributed by atoms with Gasteiger partial charge in [0.15, 0.2) is 5.58 Å². The van der Waals surface area contributed by atoms with Crippen LogP contribution in [0.1, 0.15) is 11.1 Å². The van der Waals surface area contributed by atoms with Crippen molar-refractivity contribution in [3.05, 3.63) is 308 Å². The second-order valence-corrected chi connectivity index (χ2v) is 21.2. The second-order valence-electron chi connectivity index (χ2n) is 21.2. The van der Waals surface area contributed by atoms with Crippen molar-refractivity contribution in [3.8, 4) is 130 Å². The number of aromatic nitrogens is 3. The van der Waals surface area contributed by atoms with E-state index >= 15 is 0 Å². The standard InChI is InChI=1S/C80H49N5O/c81-50-62-68(52-29-9-1-10-30-52)70(54-33-13-3-14-34-54)72(56-37-17-5-18-38-56)74(58-41-21-7-22-42-58)76(62)64-49-65(84-80(83-64)85-66-47-27-25-45-60(66)79-78(85)61-46-26-28-48-67(61)86-79)77-63(51-82)69(53-31-11-2-12-32-53)71(55-35-15-4-16-36-55)73(57-39-19-6-20-40-57)75(77)59-43-23-8-24-44-59/h1-49H. The van der Waals surface area contributed by atoms with Gasteiger partial charge >= 0.3 is 0 Å². The van der Waals surface area contributed by atoms with Gasteiger partial charge in [0.05, 0.1) is 28.0 Å². The van der Waals surface area contributed by atoms with Crippen LogP contribution in [-0.4, -0.2) is 14.5 Å². The zero-order valence-electron chi connectivity index (χ0n) is 46.4. The molecule has 0 amide bonds. The molecule has 0 aliphatic carbocycles. The van der Waals surface area contributed by atoms with Gasteiger partial charge < -0.3 is 4.42 Å². The van der Waals surface area contributed by atoms with Gasteiger partial charge in [0.1, 0.15) is 23.2 Å². The van der Waals surface area contributed by atoms with Crippen LogP contribution < -0.4 is 0 Å². The predicted molar refractivity (Wildman–Crippen MR) is 350 cm³/mol. The lowest BCUT2D eigenvalue weighted by atomic mass is 9.75. The lowest BCUT2D eigenvalue weighted by molar-refractivity contribution is 0.672. The van der Waals surface area contributed by atoms with Crippen LogP contribution in [0.2, 0.25) is 0 Å². The minimum atomic E-state index is 0.324. The first-order chi connectivity index (χ1) is 42.7. The van der Waals surface area contributed by atoms with Gasteiger partial charge in [0.2, 0.25) is 5.95 Å². The van der Waals surface area contributed by atoms with E-state index in [0.717, 1.165) is 116 Å². The normalized spacial score (nSPS) is 11.2. The largest absolute Gasteiger partial charge is 0.454 e. The number of benzene rings is 12. The van der Waals surface area contributed by atoms with Gasteiger partial charge in [0.25, 0.3) is 0 Å². The monoisotopic (exact) mass is 1100 g/mol. The Morgan fingerprint density at radius 3 is 0.919 bits per heavy atom. The minimum absolute atomic E-state index is 0.324. The van der Waals surface area contributed by atoms with Gasteiger partial charge in [0, 0.05) is 44.2 Å². The van der Waals surface area contributed by atoms with Crippen molar-refractivity contribution >= 4 is 33.0 Å². The molecule has 0 spiro atoms. The number of fused-ring (bicyclic) bond motifs is 5. The third-order valence-electron chi connectivity index (χ3n) is 16.3. The Balaban J connectivity index is 1.21. The van der Waals surface area contributed by atoms with E-state index in [4.69, 9.17) is 14.4 Å². The fraction of sp³-hybridized carbons (Fsp3) is 0. The van der Waals surface area contributed by atoms with Crippen molar-refractivity contribution in [1.82, 2.24) is 14.5 Å². The average molecular weight is 1100 g/mol. The Bertz CT molecular complexity index is 4870. The fourth-order valence-corrected chi connectivity index (χ4v) is 12.8. The van der Waals surface area contributed by atoms with Crippen molar-refractivity contribution in [2.75, 3.05) is 0 Å². The van der Waals surface area contributed by atoms with E-state index in [2.05, 4.69) is 180 Å². The Hall–Kier alpha value is -12.0. The first kappa shape index (κ1) is 51.0. The number of para-hydroxylation sites is 2. The maximum Gasteiger partial charge on any atom is 0.235 e.